The van der Waals surface area contributed by atoms with Crippen molar-refractivity contribution in [2.75, 3.05) is 5.73 Å². The van der Waals surface area contributed by atoms with E-state index in [0.717, 1.165) is 0 Å². The van der Waals surface area contributed by atoms with Crippen molar-refractivity contribution in [3.8, 4) is 0 Å². The lowest BCUT2D eigenvalue weighted by molar-refractivity contribution is 1.34. The molecule has 0 unspecified atom stereocenters. The Balaban J connectivity index is 3.26. The van der Waals surface area contributed by atoms with Gasteiger partial charge in [0.1, 0.15) is 5.82 Å². The summed E-state index contributed by atoms with van der Waals surface area (Å²) in [5.74, 6) is 0.441. The molecule has 2 nitrogen and oxygen atoms in total. The zero-order valence-electron chi connectivity index (χ0n) is 7.56. The van der Waals surface area contributed by atoms with E-state index in [2.05, 4.69) is 24.6 Å². The Hall–Kier alpha value is -0.543. The number of aromatic nitrogens is 1. The van der Waals surface area contributed by atoms with Gasteiger partial charge in [-0.1, -0.05) is 31.2 Å². The van der Waals surface area contributed by atoms with Crippen LogP contribution in [0.1, 0.15) is 0 Å². The third kappa shape index (κ3) is 1.79. The van der Waals surface area contributed by atoms with Crippen LogP contribution in [0.25, 0.3) is 0 Å². The monoisotopic (exact) mass is 200 g/mol. The van der Waals surface area contributed by atoms with E-state index in [1.54, 1.807) is 6.20 Å². The SMILES string of the molecule is C[Si](C)(C)c1ccnc(N)c1Cl. The summed E-state index contributed by atoms with van der Waals surface area (Å²) in [5.41, 5.74) is 5.60. The summed E-state index contributed by atoms with van der Waals surface area (Å²) < 4.78 is 0. The maximum absolute atomic E-state index is 6.03. The Morgan fingerprint density at radius 3 is 2.42 bits per heavy atom. The van der Waals surface area contributed by atoms with Gasteiger partial charge in [-0.25, -0.2) is 4.98 Å². The number of pyridine rings is 1. The summed E-state index contributed by atoms with van der Waals surface area (Å²) in [6.07, 6.45) is 1.72. The molecule has 0 aliphatic heterocycles. The minimum atomic E-state index is -1.36. The Morgan fingerprint density at radius 1 is 1.42 bits per heavy atom. The average Bonchev–Trinajstić information content (AvgIpc) is 1.92. The summed E-state index contributed by atoms with van der Waals surface area (Å²) in [5, 5.41) is 1.81. The number of nitrogens with two attached hydrogens (primary N) is 1. The van der Waals surface area contributed by atoms with Crippen LogP contribution in [0.3, 0.4) is 0 Å². The van der Waals surface area contributed by atoms with Gasteiger partial charge in [-0.15, -0.1) is 0 Å². The molecule has 0 amide bonds. The second-order valence-corrected chi connectivity index (χ2v) is 9.22. The van der Waals surface area contributed by atoms with Crippen LogP contribution in [-0.4, -0.2) is 13.1 Å². The first-order chi connectivity index (χ1) is 5.43. The van der Waals surface area contributed by atoms with Crippen LogP contribution in [0.5, 0.6) is 0 Å². The van der Waals surface area contributed by atoms with E-state index in [-0.39, 0.29) is 0 Å². The first-order valence-corrected chi connectivity index (χ1v) is 7.71. The lowest BCUT2D eigenvalue weighted by atomic mass is 10.5. The normalized spacial score (nSPS) is 11.7. The van der Waals surface area contributed by atoms with Crippen molar-refractivity contribution in [3.05, 3.63) is 17.3 Å². The number of anilines is 1. The molecule has 0 atom stereocenters. The van der Waals surface area contributed by atoms with Gasteiger partial charge in [0.05, 0.1) is 13.1 Å². The van der Waals surface area contributed by atoms with Crippen molar-refractivity contribution in [1.29, 1.82) is 0 Å². The van der Waals surface area contributed by atoms with Crippen molar-refractivity contribution in [1.82, 2.24) is 4.98 Å². The molecule has 1 aromatic rings. The molecule has 0 aliphatic carbocycles. The largest absolute Gasteiger partial charge is 0.382 e. The summed E-state index contributed by atoms with van der Waals surface area (Å²) in [6.45, 7) is 6.69. The second kappa shape index (κ2) is 3.07. The van der Waals surface area contributed by atoms with Gasteiger partial charge in [-0.05, 0) is 11.3 Å². The zero-order chi connectivity index (χ0) is 9.35. The zero-order valence-corrected chi connectivity index (χ0v) is 9.31. The highest BCUT2D eigenvalue weighted by Crippen LogP contribution is 2.16. The Morgan fingerprint density at radius 2 is 2.00 bits per heavy atom. The predicted octanol–water partition coefficient (Wildman–Crippen LogP) is 1.86. The van der Waals surface area contributed by atoms with Crippen molar-refractivity contribution in [2.24, 2.45) is 0 Å². The molecule has 4 heteroatoms. The van der Waals surface area contributed by atoms with Crippen LogP contribution in [-0.2, 0) is 0 Å². The maximum Gasteiger partial charge on any atom is 0.142 e. The Bertz CT molecular complexity index is 294. The van der Waals surface area contributed by atoms with Crippen LogP contribution in [0.4, 0.5) is 5.82 Å². The summed E-state index contributed by atoms with van der Waals surface area (Å²) in [7, 11) is -1.36. The molecule has 0 spiro atoms. The third-order valence-corrected chi connectivity index (χ3v) is 4.31. The number of hydrogen-bond acceptors (Lipinski definition) is 2. The fourth-order valence-corrected chi connectivity index (χ4v) is 3.36. The van der Waals surface area contributed by atoms with Crippen molar-refractivity contribution in [3.63, 3.8) is 0 Å². The van der Waals surface area contributed by atoms with Crippen LogP contribution in [0, 0.1) is 0 Å². The van der Waals surface area contributed by atoms with E-state index >= 15 is 0 Å². The lowest BCUT2D eigenvalue weighted by Gasteiger charge is -2.18. The van der Waals surface area contributed by atoms with Crippen LogP contribution in [0.2, 0.25) is 24.7 Å². The van der Waals surface area contributed by atoms with Gasteiger partial charge in [0, 0.05) is 6.20 Å². The topological polar surface area (TPSA) is 38.9 Å². The van der Waals surface area contributed by atoms with Crippen molar-refractivity contribution < 1.29 is 0 Å². The molecule has 0 aliphatic rings. The van der Waals surface area contributed by atoms with E-state index in [1.165, 1.54) is 5.19 Å². The van der Waals surface area contributed by atoms with Crippen LogP contribution < -0.4 is 10.9 Å². The Kier molecular flexibility index (Phi) is 2.44. The molecule has 0 radical (unpaired) electrons. The van der Waals surface area contributed by atoms with E-state index in [9.17, 15) is 0 Å². The lowest BCUT2D eigenvalue weighted by Crippen LogP contribution is -2.38. The van der Waals surface area contributed by atoms with Gasteiger partial charge in [0.15, 0.2) is 0 Å². The van der Waals surface area contributed by atoms with Gasteiger partial charge in [-0.2, -0.15) is 0 Å². The first-order valence-electron chi connectivity index (χ1n) is 3.83. The molecular formula is C8H13ClN2Si. The molecule has 1 aromatic heterocycles. The van der Waals surface area contributed by atoms with Crippen molar-refractivity contribution >= 4 is 30.7 Å². The van der Waals surface area contributed by atoms with E-state index in [4.69, 9.17) is 17.3 Å². The minimum Gasteiger partial charge on any atom is -0.382 e. The number of hydrogen-bond donors (Lipinski definition) is 1. The average molecular weight is 201 g/mol. The van der Waals surface area contributed by atoms with Gasteiger partial charge in [0.2, 0.25) is 0 Å². The highest BCUT2D eigenvalue weighted by atomic mass is 35.5. The van der Waals surface area contributed by atoms with E-state index in [1.807, 2.05) is 6.07 Å². The minimum absolute atomic E-state index is 0.441. The van der Waals surface area contributed by atoms with Gasteiger partial charge in [0.25, 0.3) is 0 Å². The third-order valence-electron chi connectivity index (χ3n) is 1.72. The summed E-state index contributed by atoms with van der Waals surface area (Å²) in [4.78, 5) is 3.92. The van der Waals surface area contributed by atoms with Crippen LogP contribution in [0.15, 0.2) is 12.3 Å². The fourth-order valence-electron chi connectivity index (χ4n) is 1.04. The molecule has 0 saturated carbocycles. The molecule has 1 heterocycles. The first kappa shape index (κ1) is 9.54. The number of rotatable bonds is 1. The van der Waals surface area contributed by atoms with Crippen LogP contribution >= 0.6 is 11.6 Å². The number of nitrogen functional groups attached to an aromatic ring is 1. The molecule has 2 N–H and O–H groups in total. The highest BCUT2D eigenvalue weighted by molar-refractivity contribution is 6.90. The summed E-state index contributed by atoms with van der Waals surface area (Å²) >= 11 is 6.03. The smallest absolute Gasteiger partial charge is 0.142 e. The molecule has 12 heavy (non-hydrogen) atoms. The standard InChI is InChI=1S/C8H13ClN2Si/c1-12(2,3)6-4-5-11-8(10)7(6)9/h4-5H,1-3H3,(H2,10,11). The van der Waals surface area contributed by atoms with E-state index in [0.29, 0.717) is 10.8 Å². The quantitative estimate of drug-likeness (QED) is 0.703. The molecule has 1 rings (SSSR count). The molecular weight excluding hydrogens is 188 g/mol. The molecule has 0 fully saturated rings. The Labute approximate surface area is 78.8 Å². The highest BCUT2D eigenvalue weighted by Gasteiger charge is 2.20. The van der Waals surface area contributed by atoms with Gasteiger partial charge < -0.3 is 5.73 Å². The molecule has 0 saturated heterocycles. The molecule has 66 valence electrons. The molecule has 0 aromatic carbocycles. The molecule has 0 bridgehead atoms. The fraction of sp³-hybridized carbons (Fsp3) is 0.375. The number of nitrogens with zero attached hydrogens (tertiary/aromatic N) is 1. The van der Waals surface area contributed by atoms with Crippen molar-refractivity contribution in [2.45, 2.75) is 19.6 Å². The van der Waals surface area contributed by atoms with Gasteiger partial charge in [-0.3, -0.25) is 0 Å². The summed E-state index contributed by atoms with van der Waals surface area (Å²) in [6, 6.07) is 1.96. The predicted molar refractivity (Wildman–Crippen MR) is 56.6 cm³/mol. The van der Waals surface area contributed by atoms with E-state index < -0.39 is 8.07 Å². The number of halogens is 1. The maximum atomic E-state index is 6.03. The van der Waals surface area contributed by atoms with Gasteiger partial charge >= 0.3 is 0 Å². The second-order valence-electron chi connectivity index (χ2n) is 3.81.